The molecule has 4 rings (SSSR count). The highest BCUT2D eigenvalue weighted by molar-refractivity contribution is 5.80. The second-order valence-electron chi connectivity index (χ2n) is 10.7. The Bertz CT molecular complexity index is 1180. The van der Waals surface area contributed by atoms with Crippen LogP contribution < -0.4 is 4.74 Å². The number of rotatable bonds is 14. The Labute approximate surface area is 226 Å². The van der Waals surface area contributed by atoms with Crippen LogP contribution in [0.5, 0.6) is 5.75 Å². The highest BCUT2D eigenvalue weighted by atomic mass is 19.3. The summed E-state index contributed by atoms with van der Waals surface area (Å²) in [5.41, 5.74) is 3.78. The Morgan fingerprint density at radius 1 is 0.632 bits per heavy atom. The summed E-state index contributed by atoms with van der Waals surface area (Å²) in [6, 6.07) is 16.6. The van der Waals surface area contributed by atoms with Crippen LogP contribution in [0.3, 0.4) is 0 Å². The quantitative estimate of drug-likeness (QED) is 0.191. The summed E-state index contributed by atoms with van der Waals surface area (Å²) in [5.74, 6) is -0.992. The molecule has 1 aliphatic heterocycles. The average Bonchev–Trinajstić information content (AvgIpc) is 2.92. The molecule has 1 aliphatic rings. The zero-order chi connectivity index (χ0) is 27.0. The minimum absolute atomic E-state index is 0.217. The largest absolute Gasteiger partial charge is 0.427 e. The maximum absolute atomic E-state index is 15.3. The van der Waals surface area contributed by atoms with Gasteiger partial charge in [-0.15, -0.1) is 0 Å². The van der Waals surface area contributed by atoms with E-state index in [-0.39, 0.29) is 11.3 Å². The summed E-state index contributed by atoms with van der Waals surface area (Å²) in [6.07, 6.45) is 10.8. The maximum atomic E-state index is 15.3. The average molecular weight is 523 g/mol. The number of benzene rings is 3. The normalized spacial score (nSPS) is 13.6. The van der Waals surface area contributed by atoms with E-state index in [4.69, 9.17) is 4.74 Å². The first-order valence-corrected chi connectivity index (χ1v) is 14.6. The second kappa shape index (κ2) is 13.4. The molecular weight excluding hydrogens is 481 g/mol. The summed E-state index contributed by atoms with van der Waals surface area (Å²) in [6.45, 7) is 4.37. The number of hydrogen-bond donors (Lipinski definition) is 0. The third kappa shape index (κ3) is 6.81. The van der Waals surface area contributed by atoms with E-state index in [1.807, 2.05) is 18.2 Å². The molecule has 1 nitrogen and oxygen atoms in total. The number of aryl methyl sites for hydroxylation is 2. The number of hydrogen-bond acceptors (Lipinski definition) is 1. The summed E-state index contributed by atoms with van der Waals surface area (Å²) in [5, 5.41) is 0. The van der Waals surface area contributed by atoms with Crippen LogP contribution in [0.2, 0.25) is 0 Å². The molecule has 1 heterocycles. The van der Waals surface area contributed by atoms with Crippen LogP contribution in [-0.2, 0) is 19.0 Å². The van der Waals surface area contributed by atoms with Crippen molar-refractivity contribution in [2.24, 2.45) is 0 Å². The highest BCUT2D eigenvalue weighted by Gasteiger charge is 2.43. The lowest BCUT2D eigenvalue weighted by Gasteiger charge is -2.29. The molecule has 3 aromatic carbocycles. The number of halogens is 3. The molecule has 38 heavy (non-hydrogen) atoms. The van der Waals surface area contributed by atoms with Crippen molar-refractivity contribution in [3.8, 4) is 28.0 Å². The molecule has 0 bridgehead atoms. The molecule has 0 spiro atoms. The lowest BCUT2D eigenvalue weighted by atomic mass is 9.90. The predicted molar refractivity (Wildman–Crippen MR) is 151 cm³/mol. The second-order valence-corrected chi connectivity index (χ2v) is 10.7. The van der Waals surface area contributed by atoms with Crippen molar-refractivity contribution >= 4 is 0 Å². The van der Waals surface area contributed by atoms with Gasteiger partial charge < -0.3 is 4.74 Å². The van der Waals surface area contributed by atoms with Gasteiger partial charge in [-0.1, -0.05) is 120 Å². The molecule has 0 unspecified atom stereocenters. The fraction of sp³-hybridized carbons (Fsp3) is 0.471. The summed E-state index contributed by atoms with van der Waals surface area (Å²) < 4.78 is 50.7. The molecule has 0 aromatic heterocycles. The third-order valence-electron chi connectivity index (χ3n) is 7.69. The molecule has 3 aromatic rings. The van der Waals surface area contributed by atoms with Gasteiger partial charge in [0.25, 0.3) is 0 Å². The van der Waals surface area contributed by atoms with Gasteiger partial charge in [0, 0.05) is 5.56 Å². The van der Waals surface area contributed by atoms with Crippen LogP contribution in [0.15, 0.2) is 54.6 Å². The Morgan fingerprint density at radius 2 is 1.21 bits per heavy atom. The van der Waals surface area contributed by atoms with Gasteiger partial charge >= 0.3 is 6.11 Å². The van der Waals surface area contributed by atoms with Crippen molar-refractivity contribution in [3.05, 3.63) is 77.1 Å². The smallest absolute Gasteiger partial charge is 0.425 e. The topological polar surface area (TPSA) is 9.23 Å². The van der Waals surface area contributed by atoms with Gasteiger partial charge in [0.15, 0.2) is 11.6 Å². The minimum atomic E-state index is -3.60. The summed E-state index contributed by atoms with van der Waals surface area (Å²) in [7, 11) is 0. The monoisotopic (exact) mass is 522 g/mol. The molecular formula is C34H41F3O. The Morgan fingerprint density at radius 3 is 1.89 bits per heavy atom. The molecule has 0 N–H and O–H groups in total. The van der Waals surface area contributed by atoms with Crippen molar-refractivity contribution in [3.63, 3.8) is 0 Å². The van der Waals surface area contributed by atoms with E-state index in [1.54, 1.807) is 18.2 Å². The van der Waals surface area contributed by atoms with E-state index >= 15 is 13.2 Å². The van der Waals surface area contributed by atoms with Crippen LogP contribution >= 0.6 is 0 Å². The number of fused-ring (bicyclic) bond motifs is 3. The lowest BCUT2D eigenvalue weighted by Crippen LogP contribution is -2.27. The van der Waals surface area contributed by atoms with E-state index in [1.165, 1.54) is 50.2 Å². The molecule has 0 radical (unpaired) electrons. The van der Waals surface area contributed by atoms with Gasteiger partial charge in [-0.2, -0.15) is 8.78 Å². The van der Waals surface area contributed by atoms with Crippen LogP contribution in [-0.4, -0.2) is 0 Å². The first-order chi connectivity index (χ1) is 18.4. The predicted octanol–water partition coefficient (Wildman–Crippen LogP) is 11.0. The van der Waals surface area contributed by atoms with E-state index in [0.29, 0.717) is 28.7 Å². The molecule has 204 valence electrons. The zero-order valence-corrected chi connectivity index (χ0v) is 22.9. The Balaban J connectivity index is 1.48. The molecule has 0 atom stereocenters. The Hall–Kier alpha value is -2.75. The molecule has 0 amide bonds. The number of ether oxygens (including phenoxy) is 1. The highest BCUT2D eigenvalue weighted by Crippen LogP contribution is 2.49. The van der Waals surface area contributed by atoms with Gasteiger partial charge in [0.2, 0.25) is 0 Å². The molecule has 0 aliphatic carbocycles. The standard InChI is InChI=1S/C34H41F3O/c1-3-5-7-9-11-12-14-25-16-18-26(19-17-25)28-21-22-29-30-23-20-27(15-13-10-8-6-4-2)32(35)33(30)38-34(36,37)31(29)24-28/h16-24H,3-15H2,1-2H3. The van der Waals surface area contributed by atoms with Gasteiger partial charge in [-0.3, -0.25) is 0 Å². The van der Waals surface area contributed by atoms with Gasteiger partial charge in [-0.05, 0) is 59.6 Å². The third-order valence-corrected chi connectivity index (χ3v) is 7.69. The van der Waals surface area contributed by atoms with Crippen LogP contribution in [0, 0.1) is 5.82 Å². The molecule has 0 fully saturated rings. The molecule has 0 saturated heterocycles. The van der Waals surface area contributed by atoms with E-state index in [2.05, 4.69) is 26.0 Å². The van der Waals surface area contributed by atoms with Gasteiger partial charge in [-0.25, -0.2) is 4.39 Å². The van der Waals surface area contributed by atoms with Crippen molar-refractivity contribution in [2.45, 2.75) is 103 Å². The van der Waals surface area contributed by atoms with Crippen molar-refractivity contribution in [1.29, 1.82) is 0 Å². The van der Waals surface area contributed by atoms with Crippen LogP contribution in [0.25, 0.3) is 22.3 Å². The first kappa shape index (κ1) is 28.3. The van der Waals surface area contributed by atoms with Crippen molar-refractivity contribution in [2.75, 3.05) is 0 Å². The molecule has 0 saturated carbocycles. The van der Waals surface area contributed by atoms with Crippen LogP contribution in [0.1, 0.15) is 101 Å². The zero-order valence-electron chi connectivity index (χ0n) is 22.9. The molecule has 4 heteroatoms. The lowest BCUT2D eigenvalue weighted by molar-refractivity contribution is -0.188. The van der Waals surface area contributed by atoms with Gasteiger partial charge in [0.05, 0.1) is 5.56 Å². The first-order valence-electron chi connectivity index (χ1n) is 14.6. The van der Waals surface area contributed by atoms with Crippen LogP contribution in [0.4, 0.5) is 13.2 Å². The van der Waals surface area contributed by atoms with E-state index < -0.39 is 11.9 Å². The van der Waals surface area contributed by atoms with Gasteiger partial charge in [0.1, 0.15) is 0 Å². The van der Waals surface area contributed by atoms with E-state index in [9.17, 15) is 0 Å². The minimum Gasteiger partial charge on any atom is -0.425 e. The maximum Gasteiger partial charge on any atom is 0.427 e. The number of alkyl halides is 2. The summed E-state index contributed by atoms with van der Waals surface area (Å²) >= 11 is 0. The Kier molecular flexibility index (Phi) is 9.93. The fourth-order valence-electron chi connectivity index (χ4n) is 5.38. The summed E-state index contributed by atoms with van der Waals surface area (Å²) in [4.78, 5) is 0. The SMILES string of the molecule is CCCCCCCCc1ccc(-c2ccc3c(c2)C(F)(F)Oc2c-3ccc(CCCCCCC)c2F)cc1. The van der Waals surface area contributed by atoms with Crippen molar-refractivity contribution < 1.29 is 17.9 Å². The number of unbranched alkanes of at least 4 members (excludes halogenated alkanes) is 9. The van der Waals surface area contributed by atoms with E-state index in [0.717, 1.165) is 44.1 Å². The van der Waals surface area contributed by atoms with Crippen molar-refractivity contribution in [1.82, 2.24) is 0 Å². The fourth-order valence-corrected chi connectivity index (χ4v) is 5.38.